The molecule has 0 bridgehead atoms. The molecular weight excluding hydrogens is 224 g/mol. The molecule has 1 aromatic carbocycles. The van der Waals surface area contributed by atoms with E-state index < -0.39 is 0 Å². The fourth-order valence-corrected chi connectivity index (χ4v) is 2.10. The average Bonchev–Trinajstić information content (AvgIpc) is 2.43. The topological polar surface area (TPSA) is 46.3 Å². The van der Waals surface area contributed by atoms with E-state index in [-0.39, 0.29) is 17.9 Å². The number of rotatable bonds is 6. The zero-order valence-electron chi connectivity index (χ0n) is 11.6. The van der Waals surface area contributed by atoms with E-state index in [0.29, 0.717) is 0 Å². The van der Waals surface area contributed by atoms with E-state index in [9.17, 15) is 4.79 Å². The summed E-state index contributed by atoms with van der Waals surface area (Å²) in [5.74, 6) is -0.0328. The van der Waals surface area contributed by atoms with Crippen LogP contribution in [0, 0.1) is 5.92 Å². The number of nitrogens with two attached hydrogens (primary N) is 1. The second kappa shape index (κ2) is 7.17. The van der Waals surface area contributed by atoms with Gasteiger partial charge in [0.25, 0.3) is 0 Å². The highest BCUT2D eigenvalue weighted by molar-refractivity contribution is 5.79. The number of amides is 1. The van der Waals surface area contributed by atoms with Crippen molar-refractivity contribution in [3.8, 4) is 0 Å². The molecule has 1 amide bonds. The Hall–Kier alpha value is -1.35. The van der Waals surface area contributed by atoms with Gasteiger partial charge in [-0.1, -0.05) is 44.2 Å². The first-order valence-electron chi connectivity index (χ1n) is 6.71. The molecule has 0 saturated heterocycles. The van der Waals surface area contributed by atoms with Crippen LogP contribution in [-0.4, -0.2) is 23.9 Å². The predicted octanol–water partition coefficient (Wildman–Crippen LogP) is 2.58. The molecular formula is C15H24N2O. The second-order valence-corrected chi connectivity index (χ2v) is 4.64. The first-order valence-corrected chi connectivity index (χ1v) is 6.71. The van der Waals surface area contributed by atoms with Gasteiger partial charge in [-0.2, -0.15) is 0 Å². The number of carbonyl (C=O) groups is 1. The molecule has 0 fully saturated rings. The van der Waals surface area contributed by atoms with Crippen molar-refractivity contribution >= 4 is 5.91 Å². The van der Waals surface area contributed by atoms with Crippen LogP contribution in [0.25, 0.3) is 0 Å². The van der Waals surface area contributed by atoms with Crippen molar-refractivity contribution in [1.82, 2.24) is 4.90 Å². The maximum atomic E-state index is 12.3. The van der Waals surface area contributed by atoms with Gasteiger partial charge in [0.1, 0.15) is 0 Å². The van der Waals surface area contributed by atoms with Gasteiger partial charge >= 0.3 is 0 Å². The van der Waals surface area contributed by atoms with Gasteiger partial charge < -0.3 is 10.6 Å². The Bertz CT molecular complexity index is 364. The minimum Gasteiger partial charge on any atom is -0.343 e. The lowest BCUT2D eigenvalue weighted by molar-refractivity contribution is -0.135. The van der Waals surface area contributed by atoms with Gasteiger partial charge in [0.2, 0.25) is 5.91 Å². The summed E-state index contributed by atoms with van der Waals surface area (Å²) in [7, 11) is 0. The zero-order valence-corrected chi connectivity index (χ0v) is 11.6. The monoisotopic (exact) mass is 248 g/mol. The smallest absolute Gasteiger partial charge is 0.227 e. The van der Waals surface area contributed by atoms with Gasteiger partial charge in [-0.25, -0.2) is 0 Å². The first-order chi connectivity index (χ1) is 8.61. The van der Waals surface area contributed by atoms with Crippen LogP contribution in [0.2, 0.25) is 0 Å². The van der Waals surface area contributed by atoms with E-state index in [1.54, 1.807) is 0 Å². The molecule has 3 heteroatoms. The highest BCUT2D eigenvalue weighted by Gasteiger charge is 2.25. The van der Waals surface area contributed by atoms with Crippen LogP contribution >= 0.6 is 0 Å². The minimum absolute atomic E-state index is 0.149. The molecule has 2 unspecified atom stereocenters. The Balaban J connectivity index is 2.74. The van der Waals surface area contributed by atoms with Crippen LogP contribution in [0.1, 0.15) is 38.8 Å². The summed E-state index contributed by atoms with van der Waals surface area (Å²) < 4.78 is 0. The SMILES string of the molecule is CCCN(CC)C(=O)C(C)C(N)c1ccccc1. The maximum absolute atomic E-state index is 12.3. The van der Waals surface area contributed by atoms with Gasteiger partial charge in [0.05, 0.1) is 5.92 Å². The molecule has 2 N–H and O–H groups in total. The zero-order chi connectivity index (χ0) is 13.5. The summed E-state index contributed by atoms with van der Waals surface area (Å²) >= 11 is 0. The Morgan fingerprint density at radius 3 is 2.39 bits per heavy atom. The fraction of sp³-hybridized carbons (Fsp3) is 0.533. The van der Waals surface area contributed by atoms with E-state index in [4.69, 9.17) is 5.73 Å². The van der Waals surface area contributed by atoms with Crippen molar-refractivity contribution < 1.29 is 4.79 Å². The van der Waals surface area contributed by atoms with Crippen molar-refractivity contribution in [1.29, 1.82) is 0 Å². The standard InChI is InChI=1S/C15H24N2O/c1-4-11-17(5-2)15(18)12(3)14(16)13-9-7-6-8-10-13/h6-10,12,14H,4-5,11,16H2,1-3H3. The van der Waals surface area contributed by atoms with Gasteiger partial charge in [-0.15, -0.1) is 0 Å². The number of hydrogen-bond donors (Lipinski definition) is 1. The molecule has 100 valence electrons. The summed E-state index contributed by atoms with van der Waals surface area (Å²) in [5.41, 5.74) is 7.20. The molecule has 3 nitrogen and oxygen atoms in total. The molecule has 0 aliphatic carbocycles. The summed E-state index contributed by atoms with van der Waals surface area (Å²) in [6, 6.07) is 9.59. The Morgan fingerprint density at radius 1 is 1.28 bits per heavy atom. The van der Waals surface area contributed by atoms with E-state index in [1.165, 1.54) is 0 Å². The number of hydrogen-bond acceptors (Lipinski definition) is 2. The van der Waals surface area contributed by atoms with Crippen LogP contribution in [0.3, 0.4) is 0 Å². The molecule has 0 spiro atoms. The Kier molecular flexibility index (Phi) is 5.86. The van der Waals surface area contributed by atoms with Gasteiger partial charge in [-0.3, -0.25) is 4.79 Å². The van der Waals surface area contributed by atoms with Gasteiger partial charge in [0.15, 0.2) is 0 Å². The third-order valence-electron chi connectivity index (χ3n) is 3.30. The Morgan fingerprint density at radius 2 is 1.89 bits per heavy atom. The molecule has 0 radical (unpaired) electrons. The molecule has 1 rings (SSSR count). The summed E-state index contributed by atoms with van der Waals surface area (Å²) in [6.07, 6.45) is 0.979. The Labute approximate surface area is 110 Å². The molecule has 0 aliphatic heterocycles. The molecule has 18 heavy (non-hydrogen) atoms. The van der Waals surface area contributed by atoms with E-state index in [2.05, 4.69) is 6.92 Å². The summed E-state index contributed by atoms with van der Waals surface area (Å²) in [5, 5.41) is 0. The normalized spacial score (nSPS) is 14.0. The van der Waals surface area contributed by atoms with Gasteiger partial charge in [0, 0.05) is 19.1 Å². The highest BCUT2D eigenvalue weighted by Crippen LogP contribution is 2.21. The van der Waals surface area contributed by atoms with Crippen LogP contribution < -0.4 is 5.73 Å². The van der Waals surface area contributed by atoms with Crippen molar-refractivity contribution in [2.45, 2.75) is 33.2 Å². The van der Waals surface area contributed by atoms with E-state index >= 15 is 0 Å². The highest BCUT2D eigenvalue weighted by atomic mass is 16.2. The van der Waals surface area contributed by atoms with Crippen LogP contribution in [0.4, 0.5) is 0 Å². The lowest BCUT2D eigenvalue weighted by atomic mass is 9.94. The summed E-state index contributed by atoms with van der Waals surface area (Å²) in [4.78, 5) is 14.2. The molecule has 0 aliphatic rings. The fourth-order valence-electron chi connectivity index (χ4n) is 2.10. The maximum Gasteiger partial charge on any atom is 0.227 e. The first kappa shape index (κ1) is 14.7. The predicted molar refractivity (Wildman–Crippen MR) is 75.1 cm³/mol. The molecule has 0 heterocycles. The van der Waals surface area contributed by atoms with Gasteiger partial charge in [-0.05, 0) is 18.9 Å². The molecule has 0 saturated carbocycles. The van der Waals surface area contributed by atoms with E-state index in [0.717, 1.165) is 25.1 Å². The number of nitrogens with zero attached hydrogens (tertiary/aromatic N) is 1. The van der Waals surface area contributed by atoms with Crippen molar-refractivity contribution in [3.05, 3.63) is 35.9 Å². The third kappa shape index (κ3) is 3.57. The molecule has 2 atom stereocenters. The quantitative estimate of drug-likeness (QED) is 0.841. The number of benzene rings is 1. The second-order valence-electron chi connectivity index (χ2n) is 4.64. The third-order valence-corrected chi connectivity index (χ3v) is 3.30. The van der Waals surface area contributed by atoms with Crippen molar-refractivity contribution in [3.63, 3.8) is 0 Å². The largest absolute Gasteiger partial charge is 0.343 e. The lowest BCUT2D eigenvalue weighted by Gasteiger charge is -2.27. The van der Waals surface area contributed by atoms with Crippen molar-refractivity contribution in [2.75, 3.05) is 13.1 Å². The summed E-state index contributed by atoms with van der Waals surface area (Å²) in [6.45, 7) is 7.56. The van der Waals surface area contributed by atoms with Crippen molar-refractivity contribution in [2.24, 2.45) is 11.7 Å². The minimum atomic E-state index is -0.232. The average molecular weight is 248 g/mol. The van der Waals surface area contributed by atoms with E-state index in [1.807, 2.05) is 49.1 Å². The molecule has 1 aromatic rings. The van der Waals surface area contributed by atoms with Crippen LogP contribution in [0.15, 0.2) is 30.3 Å². The number of carbonyl (C=O) groups excluding carboxylic acids is 1. The van der Waals surface area contributed by atoms with Crippen LogP contribution in [-0.2, 0) is 4.79 Å². The lowest BCUT2D eigenvalue weighted by Crippen LogP contribution is -2.39. The van der Waals surface area contributed by atoms with Crippen LogP contribution in [0.5, 0.6) is 0 Å². The molecule has 0 aromatic heterocycles.